The van der Waals surface area contributed by atoms with Crippen molar-refractivity contribution in [2.75, 3.05) is 11.1 Å². The molecule has 22 heavy (non-hydrogen) atoms. The van der Waals surface area contributed by atoms with Crippen molar-refractivity contribution in [3.05, 3.63) is 78.4 Å². The monoisotopic (exact) mass is 306 g/mol. The van der Waals surface area contributed by atoms with Gasteiger partial charge in [-0.3, -0.25) is 0 Å². The van der Waals surface area contributed by atoms with Crippen molar-refractivity contribution in [3.8, 4) is 0 Å². The van der Waals surface area contributed by atoms with Crippen LogP contribution in [0.3, 0.4) is 0 Å². The summed E-state index contributed by atoms with van der Waals surface area (Å²) in [7, 11) is 0. The summed E-state index contributed by atoms with van der Waals surface area (Å²) in [4.78, 5) is 2.59. The van der Waals surface area contributed by atoms with Gasteiger partial charge in [0.15, 0.2) is 0 Å². The van der Waals surface area contributed by atoms with E-state index in [9.17, 15) is 0 Å². The fourth-order valence-corrected chi connectivity index (χ4v) is 3.16. The molecule has 0 bridgehead atoms. The summed E-state index contributed by atoms with van der Waals surface area (Å²) < 4.78 is 0. The van der Waals surface area contributed by atoms with E-state index in [-0.39, 0.29) is 0 Å². The van der Waals surface area contributed by atoms with Gasteiger partial charge in [-0.25, -0.2) is 0 Å². The number of rotatable bonds is 0. The van der Waals surface area contributed by atoms with Crippen molar-refractivity contribution in [2.45, 2.75) is 16.7 Å². The molecule has 1 heterocycles. The Balaban J connectivity index is 0.000000154. The van der Waals surface area contributed by atoms with Crippen molar-refractivity contribution in [1.82, 2.24) is 0 Å². The molecular formula is C19H18N2S. The number of hydrogen-bond acceptors (Lipinski definition) is 3. The zero-order valence-corrected chi connectivity index (χ0v) is 13.2. The first-order chi connectivity index (χ1) is 10.7. The van der Waals surface area contributed by atoms with E-state index in [0.29, 0.717) is 0 Å². The average Bonchev–Trinajstić information content (AvgIpc) is 2.56. The highest BCUT2D eigenvalue weighted by atomic mass is 32.2. The molecule has 3 heteroatoms. The number of aryl methyl sites for hydroxylation is 1. The van der Waals surface area contributed by atoms with Gasteiger partial charge in [-0.1, -0.05) is 54.2 Å². The van der Waals surface area contributed by atoms with Gasteiger partial charge in [0.2, 0.25) is 0 Å². The second kappa shape index (κ2) is 6.58. The van der Waals surface area contributed by atoms with E-state index in [4.69, 9.17) is 5.73 Å². The fraction of sp³-hybridized carbons (Fsp3) is 0.0526. The molecule has 3 aromatic carbocycles. The van der Waals surface area contributed by atoms with Gasteiger partial charge in [0.25, 0.3) is 0 Å². The minimum Gasteiger partial charge on any atom is -0.399 e. The minimum absolute atomic E-state index is 0.868. The first-order valence-electron chi connectivity index (χ1n) is 7.18. The molecular weight excluding hydrogens is 288 g/mol. The lowest BCUT2D eigenvalue weighted by molar-refractivity contribution is 1.32. The maximum absolute atomic E-state index is 5.52. The number of fused-ring (bicyclic) bond motifs is 2. The van der Waals surface area contributed by atoms with Gasteiger partial charge >= 0.3 is 0 Å². The van der Waals surface area contributed by atoms with Crippen LogP contribution in [0.1, 0.15) is 5.56 Å². The molecule has 3 N–H and O–H groups in total. The van der Waals surface area contributed by atoms with Gasteiger partial charge < -0.3 is 11.1 Å². The standard InChI is InChI=1S/C12H9NS.C7H9N/c1-3-7-11-9(5-1)13-10-6-2-4-8-12(10)14-11;1-6-4-2-3-5-7(6)8/h1-8,13H;2-5H,8H2,1H3. The van der Waals surface area contributed by atoms with Crippen LogP contribution in [-0.2, 0) is 0 Å². The number of nitrogen functional groups attached to an aromatic ring is 1. The zero-order valence-electron chi connectivity index (χ0n) is 12.4. The lowest BCUT2D eigenvalue weighted by Crippen LogP contribution is -1.98. The third kappa shape index (κ3) is 3.26. The number of para-hydroxylation sites is 3. The predicted octanol–water partition coefficient (Wildman–Crippen LogP) is 5.47. The summed E-state index contributed by atoms with van der Waals surface area (Å²) in [5.41, 5.74) is 9.94. The van der Waals surface area contributed by atoms with Gasteiger partial charge in [0.05, 0.1) is 11.4 Å². The van der Waals surface area contributed by atoms with Crippen molar-refractivity contribution >= 4 is 28.8 Å². The Bertz CT molecular complexity index is 675. The molecule has 1 aliphatic heterocycles. The Morgan fingerprint density at radius 1 is 0.727 bits per heavy atom. The quantitative estimate of drug-likeness (QED) is 0.423. The molecule has 1 aliphatic rings. The van der Waals surface area contributed by atoms with E-state index < -0.39 is 0 Å². The van der Waals surface area contributed by atoms with Crippen LogP contribution in [-0.4, -0.2) is 0 Å². The van der Waals surface area contributed by atoms with Gasteiger partial charge in [0.1, 0.15) is 0 Å². The molecule has 0 spiro atoms. The maximum Gasteiger partial charge on any atom is 0.0526 e. The second-order valence-corrected chi connectivity index (χ2v) is 6.16. The normalized spacial score (nSPS) is 11.3. The van der Waals surface area contributed by atoms with Crippen LogP contribution >= 0.6 is 11.8 Å². The van der Waals surface area contributed by atoms with E-state index >= 15 is 0 Å². The van der Waals surface area contributed by atoms with Crippen molar-refractivity contribution < 1.29 is 0 Å². The van der Waals surface area contributed by atoms with Crippen LogP contribution in [0.4, 0.5) is 17.1 Å². The zero-order chi connectivity index (χ0) is 15.4. The van der Waals surface area contributed by atoms with Crippen LogP contribution in [0, 0.1) is 6.92 Å². The largest absolute Gasteiger partial charge is 0.399 e. The van der Waals surface area contributed by atoms with Crippen LogP contribution < -0.4 is 11.1 Å². The van der Waals surface area contributed by atoms with E-state index in [2.05, 4.69) is 53.8 Å². The molecule has 110 valence electrons. The highest BCUT2D eigenvalue weighted by Crippen LogP contribution is 2.43. The van der Waals surface area contributed by atoms with Crippen molar-refractivity contribution in [2.24, 2.45) is 0 Å². The molecule has 0 saturated carbocycles. The summed E-state index contributed by atoms with van der Waals surface area (Å²) in [5, 5.41) is 3.42. The molecule has 0 amide bonds. The van der Waals surface area contributed by atoms with Gasteiger partial charge in [-0.15, -0.1) is 0 Å². The Hall–Kier alpha value is -2.39. The Morgan fingerprint density at radius 2 is 1.23 bits per heavy atom. The van der Waals surface area contributed by atoms with E-state index in [0.717, 1.165) is 11.3 Å². The Morgan fingerprint density at radius 3 is 1.73 bits per heavy atom. The first kappa shape index (κ1) is 14.5. The molecule has 4 rings (SSSR count). The van der Waals surface area contributed by atoms with Gasteiger partial charge in [-0.2, -0.15) is 0 Å². The predicted molar refractivity (Wildman–Crippen MR) is 95.9 cm³/mol. The van der Waals surface area contributed by atoms with E-state index in [1.807, 2.05) is 43.0 Å². The average molecular weight is 306 g/mol. The third-order valence-corrected chi connectivity index (χ3v) is 4.60. The van der Waals surface area contributed by atoms with Crippen molar-refractivity contribution in [1.29, 1.82) is 0 Å². The molecule has 0 saturated heterocycles. The van der Waals surface area contributed by atoms with E-state index in [1.165, 1.54) is 21.2 Å². The summed E-state index contributed by atoms with van der Waals surface area (Å²) in [5.74, 6) is 0. The third-order valence-electron chi connectivity index (χ3n) is 3.45. The Labute approximate surface area is 135 Å². The lowest BCUT2D eigenvalue weighted by Gasteiger charge is -2.19. The van der Waals surface area contributed by atoms with E-state index in [1.54, 1.807) is 0 Å². The highest BCUT2D eigenvalue weighted by molar-refractivity contribution is 7.99. The van der Waals surface area contributed by atoms with Gasteiger partial charge in [0, 0.05) is 15.5 Å². The second-order valence-electron chi connectivity index (χ2n) is 5.08. The summed E-state index contributed by atoms with van der Waals surface area (Å²) >= 11 is 1.82. The molecule has 0 aromatic heterocycles. The molecule has 2 nitrogen and oxygen atoms in total. The van der Waals surface area contributed by atoms with Gasteiger partial charge in [-0.05, 0) is 42.8 Å². The van der Waals surface area contributed by atoms with Crippen LogP contribution in [0.25, 0.3) is 0 Å². The number of hydrogen-bond donors (Lipinski definition) is 2. The maximum atomic E-state index is 5.52. The fourth-order valence-electron chi connectivity index (χ4n) is 2.17. The topological polar surface area (TPSA) is 38.0 Å². The summed E-state index contributed by atoms with van der Waals surface area (Å²) in [6.45, 7) is 2.00. The number of nitrogens with one attached hydrogen (secondary N) is 1. The molecule has 3 aromatic rings. The summed E-state index contributed by atoms with van der Waals surface area (Å²) in [6, 6.07) is 24.6. The first-order valence-corrected chi connectivity index (χ1v) is 8.00. The number of benzene rings is 3. The van der Waals surface area contributed by atoms with Crippen LogP contribution in [0.15, 0.2) is 82.6 Å². The number of nitrogens with two attached hydrogens (primary N) is 1. The molecule has 0 atom stereocenters. The van der Waals surface area contributed by atoms with Crippen LogP contribution in [0.5, 0.6) is 0 Å². The SMILES string of the molecule is Cc1ccccc1N.c1ccc2c(c1)Nc1ccccc1S2. The lowest BCUT2D eigenvalue weighted by atomic mass is 10.2. The van der Waals surface area contributed by atoms with Crippen LogP contribution in [0.2, 0.25) is 0 Å². The minimum atomic E-state index is 0.868. The molecule has 0 fully saturated rings. The molecule has 0 aliphatic carbocycles. The molecule has 0 unspecified atom stereocenters. The molecule has 0 radical (unpaired) electrons. The summed E-state index contributed by atoms with van der Waals surface area (Å²) in [6.07, 6.45) is 0. The van der Waals surface area contributed by atoms with Crippen molar-refractivity contribution in [3.63, 3.8) is 0 Å². The highest BCUT2D eigenvalue weighted by Gasteiger charge is 2.13. The Kier molecular flexibility index (Phi) is 4.35. The number of anilines is 3. The smallest absolute Gasteiger partial charge is 0.0526 e.